The maximum atomic E-state index is 12.2. The maximum absolute atomic E-state index is 12.2. The van der Waals surface area contributed by atoms with E-state index in [1.807, 2.05) is 24.0 Å². The number of amides is 1. The van der Waals surface area contributed by atoms with E-state index in [4.69, 9.17) is 21.9 Å². The molecule has 3 rings (SSSR count). The number of hydrogen-bond acceptors (Lipinski definition) is 6. The van der Waals surface area contributed by atoms with Gasteiger partial charge in [-0.3, -0.25) is 9.69 Å². The molecule has 1 atom stereocenters. The number of benzene rings is 1. The molecule has 1 saturated heterocycles. The molecule has 0 bridgehead atoms. The molecule has 1 unspecified atom stereocenters. The highest BCUT2D eigenvalue weighted by atomic mass is 35.5. The Kier molecular flexibility index (Phi) is 5.67. The first-order valence-corrected chi connectivity index (χ1v) is 8.74. The van der Waals surface area contributed by atoms with E-state index in [1.54, 1.807) is 12.1 Å². The summed E-state index contributed by atoms with van der Waals surface area (Å²) in [5.74, 6) is 1.13. The van der Waals surface area contributed by atoms with Crippen molar-refractivity contribution >= 4 is 17.5 Å². The first-order chi connectivity index (χ1) is 12.1. The highest BCUT2D eigenvalue weighted by molar-refractivity contribution is 6.30. The van der Waals surface area contributed by atoms with Crippen LogP contribution in [0.15, 0.2) is 28.8 Å². The lowest BCUT2D eigenvalue weighted by atomic mass is 10.1. The van der Waals surface area contributed by atoms with Gasteiger partial charge in [0.15, 0.2) is 0 Å². The fourth-order valence-corrected chi connectivity index (χ4v) is 2.89. The lowest BCUT2D eigenvalue weighted by Crippen LogP contribution is -2.50. The van der Waals surface area contributed by atoms with Crippen LogP contribution in [-0.4, -0.2) is 58.6 Å². The first kappa shape index (κ1) is 17.8. The topological polar surface area (TPSA) is 88.5 Å². The van der Waals surface area contributed by atoms with Gasteiger partial charge in [0, 0.05) is 49.2 Å². The molecule has 7 nitrogen and oxygen atoms in total. The van der Waals surface area contributed by atoms with Gasteiger partial charge in [-0.25, -0.2) is 0 Å². The van der Waals surface area contributed by atoms with E-state index in [9.17, 15) is 4.79 Å². The van der Waals surface area contributed by atoms with Gasteiger partial charge in [0.2, 0.25) is 17.6 Å². The van der Waals surface area contributed by atoms with Crippen LogP contribution in [0.4, 0.5) is 0 Å². The monoisotopic (exact) mass is 363 g/mol. The van der Waals surface area contributed by atoms with Crippen LogP contribution in [0, 0.1) is 5.92 Å². The number of hydrogen-bond donors (Lipinski definition) is 1. The molecule has 0 aliphatic carbocycles. The van der Waals surface area contributed by atoms with Crippen LogP contribution in [0.5, 0.6) is 0 Å². The lowest BCUT2D eigenvalue weighted by Gasteiger charge is -2.35. The van der Waals surface area contributed by atoms with Gasteiger partial charge >= 0.3 is 0 Å². The van der Waals surface area contributed by atoms with Gasteiger partial charge in [0.1, 0.15) is 0 Å². The Morgan fingerprint density at radius 1 is 1.28 bits per heavy atom. The quantitative estimate of drug-likeness (QED) is 0.868. The van der Waals surface area contributed by atoms with Crippen molar-refractivity contribution in [2.45, 2.75) is 13.5 Å². The molecule has 1 aliphatic heterocycles. The molecule has 0 radical (unpaired) electrons. The van der Waals surface area contributed by atoms with Gasteiger partial charge in [-0.2, -0.15) is 4.98 Å². The van der Waals surface area contributed by atoms with Gasteiger partial charge < -0.3 is 15.2 Å². The minimum Gasteiger partial charge on any atom is -0.340 e. The molecule has 1 fully saturated rings. The summed E-state index contributed by atoms with van der Waals surface area (Å²) in [5, 5.41) is 4.69. The van der Waals surface area contributed by atoms with Crippen molar-refractivity contribution in [1.29, 1.82) is 0 Å². The van der Waals surface area contributed by atoms with Crippen LogP contribution in [0.1, 0.15) is 12.8 Å². The number of carbonyl (C=O) groups is 1. The normalized spacial score (nSPS) is 16.8. The zero-order valence-corrected chi connectivity index (χ0v) is 14.9. The third-order valence-corrected chi connectivity index (χ3v) is 4.64. The first-order valence-electron chi connectivity index (χ1n) is 8.36. The summed E-state index contributed by atoms with van der Waals surface area (Å²) >= 11 is 5.89. The second-order valence-corrected chi connectivity index (χ2v) is 6.69. The van der Waals surface area contributed by atoms with Crippen LogP contribution >= 0.6 is 11.6 Å². The number of halogens is 1. The van der Waals surface area contributed by atoms with E-state index in [-0.39, 0.29) is 11.8 Å². The Morgan fingerprint density at radius 3 is 2.60 bits per heavy atom. The Balaban J connectivity index is 1.54. The highest BCUT2D eigenvalue weighted by Crippen LogP contribution is 2.19. The highest BCUT2D eigenvalue weighted by Gasteiger charge is 2.25. The van der Waals surface area contributed by atoms with E-state index >= 15 is 0 Å². The summed E-state index contributed by atoms with van der Waals surface area (Å²) in [6, 6.07) is 7.32. The molecular weight excluding hydrogens is 342 g/mol. The van der Waals surface area contributed by atoms with Gasteiger partial charge in [-0.15, -0.1) is 0 Å². The standard InChI is InChI=1S/C17H22ClN5O2/c1-12(10-19)17(24)23-8-6-22(7-9-23)11-15-20-16(21-25-15)13-2-4-14(18)5-3-13/h2-5,12H,6-11,19H2,1H3. The third-order valence-electron chi connectivity index (χ3n) is 4.39. The lowest BCUT2D eigenvalue weighted by molar-refractivity contribution is -0.136. The maximum Gasteiger partial charge on any atom is 0.241 e. The molecule has 134 valence electrons. The predicted molar refractivity (Wildman–Crippen MR) is 94.8 cm³/mol. The van der Waals surface area contributed by atoms with Crippen molar-refractivity contribution in [3.8, 4) is 11.4 Å². The summed E-state index contributed by atoms with van der Waals surface area (Å²) in [6.07, 6.45) is 0. The zero-order valence-electron chi connectivity index (χ0n) is 14.2. The van der Waals surface area contributed by atoms with Crippen molar-refractivity contribution in [2.24, 2.45) is 11.7 Å². The van der Waals surface area contributed by atoms with E-state index in [1.165, 1.54) is 0 Å². The Morgan fingerprint density at radius 2 is 1.96 bits per heavy atom. The molecule has 2 heterocycles. The van der Waals surface area contributed by atoms with Gasteiger partial charge in [-0.05, 0) is 24.3 Å². The number of rotatable bonds is 5. The summed E-state index contributed by atoms with van der Waals surface area (Å²) in [7, 11) is 0. The van der Waals surface area contributed by atoms with Crippen molar-refractivity contribution < 1.29 is 9.32 Å². The average Bonchev–Trinajstić information content (AvgIpc) is 3.10. The van der Waals surface area contributed by atoms with E-state index in [2.05, 4.69) is 15.0 Å². The molecular formula is C17H22ClN5O2. The largest absolute Gasteiger partial charge is 0.340 e. The molecule has 25 heavy (non-hydrogen) atoms. The molecule has 2 N–H and O–H groups in total. The zero-order chi connectivity index (χ0) is 17.8. The minimum absolute atomic E-state index is 0.121. The van der Waals surface area contributed by atoms with Crippen molar-refractivity contribution in [2.75, 3.05) is 32.7 Å². The Bertz CT molecular complexity index is 710. The smallest absolute Gasteiger partial charge is 0.241 e. The number of nitrogens with two attached hydrogens (primary N) is 1. The van der Waals surface area contributed by atoms with Gasteiger partial charge in [0.25, 0.3) is 0 Å². The number of carbonyl (C=O) groups excluding carboxylic acids is 1. The van der Waals surface area contributed by atoms with Crippen LogP contribution in [0.3, 0.4) is 0 Å². The summed E-state index contributed by atoms with van der Waals surface area (Å²) < 4.78 is 5.35. The number of piperazine rings is 1. The molecule has 8 heteroatoms. The van der Waals surface area contributed by atoms with Crippen LogP contribution in [0.2, 0.25) is 5.02 Å². The number of aromatic nitrogens is 2. The molecule has 1 amide bonds. The predicted octanol–water partition coefficient (Wildman–Crippen LogP) is 1.63. The van der Waals surface area contributed by atoms with E-state index in [0.29, 0.717) is 42.9 Å². The molecule has 0 saturated carbocycles. The molecule has 2 aromatic rings. The minimum atomic E-state index is -0.121. The fourth-order valence-electron chi connectivity index (χ4n) is 2.77. The molecule has 1 aromatic carbocycles. The SMILES string of the molecule is CC(CN)C(=O)N1CCN(Cc2nc(-c3ccc(Cl)cc3)no2)CC1. The van der Waals surface area contributed by atoms with Gasteiger partial charge in [-0.1, -0.05) is 23.7 Å². The molecule has 1 aromatic heterocycles. The average molecular weight is 364 g/mol. The van der Waals surface area contributed by atoms with Crippen LogP contribution < -0.4 is 5.73 Å². The second-order valence-electron chi connectivity index (χ2n) is 6.26. The fraction of sp³-hybridized carbons (Fsp3) is 0.471. The van der Waals surface area contributed by atoms with Gasteiger partial charge in [0.05, 0.1) is 6.54 Å². The van der Waals surface area contributed by atoms with Crippen LogP contribution in [-0.2, 0) is 11.3 Å². The van der Waals surface area contributed by atoms with Crippen LogP contribution in [0.25, 0.3) is 11.4 Å². The second kappa shape index (κ2) is 7.95. The third kappa shape index (κ3) is 4.36. The summed E-state index contributed by atoms with van der Waals surface area (Å²) in [6.45, 7) is 5.78. The van der Waals surface area contributed by atoms with Crippen molar-refractivity contribution in [3.05, 3.63) is 35.2 Å². The molecule has 1 aliphatic rings. The van der Waals surface area contributed by atoms with E-state index < -0.39 is 0 Å². The number of nitrogens with zero attached hydrogens (tertiary/aromatic N) is 4. The molecule has 0 spiro atoms. The Hall–Kier alpha value is -1.96. The Labute approximate surface area is 151 Å². The van der Waals surface area contributed by atoms with Crippen molar-refractivity contribution in [3.63, 3.8) is 0 Å². The summed E-state index contributed by atoms with van der Waals surface area (Å²) in [5.41, 5.74) is 6.44. The van der Waals surface area contributed by atoms with E-state index in [0.717, 1.165) is 18.7 Å². The summed E-state index contributed by atoms with van der Waals surface area (Å²) in [4.78, 5) is 20.7. The van der Waals surface area contributed by atoms with Crippen molar-refractivity contribution in [1.82, 2.24) is 19.9 Å².